The molecule has 0 amide bonds. The number of ether oxygens (including phenoxy) is 1. The van der Waals surface area contributed by atoms with Gasteiger partial charge in [-0.1, -0.05) is 6.07 Å². The number of ketones is 1. The molecule has 0 atom stereocenters. The predicted octanol–water partition coefficient (Wildman–Crippen LogP) is 3.20. The van der Waals surface area contributed by atoms with Gasteiger partial charge in [-0.15, -0.1) is 0 Å². The highest BCUT2D eigenvalue weighted by molar-refractivity contribution is 6.04. The number of aromatic carboxylic acids is 1. The number of hydrogen-bond acceptors (Lipinski definition) is 4. The van der Waals surface area contributed by atoms with Crippen molar-refractivity contribution in [1.29, 1.82) is 0 Å². The average Bonchev–Trinajstić information content (AvgIpc) is 2.55. The fourth-order valence-electron chi connectivity index (χ4n) is 1.81. The Labute approximate surface area is 127 Å². The van der Waals surface area contributed by atoms with Crippen LogP contribution in [0.4, 0.5) is 5.69 Å². The number of anilines is 1. The third kappa shape index (κ3) is 3.96. The maximum absolute atomic E-state index is 11.9. The van der Waals surface area contributed by atoms with E-state index >= 15 is 0 Å². The molecule has 0 spiro atoms. The smallest absolute Gasteiger partial charge is 0.335 e. The molecule has 0 aliphatic heterocycles. The first kappa shape index (κ1) is 15.3. The SMILES string of the molecule is COc1ccc(C(=O)C=CNc2cccc(C(=O)O)c2)cc1. The van der Waals surface area contributed by atoms with Gasteiger partial charge in [-0.25, -0.2) is 4.79 Å². The molecule has 0 radical (unpaired) electrons. The molecule has 0 saturated heterocycles. The van der Waals surface area contributed by atoms with Crippen LogP contribution in [0, 0.1) is 0 Å². The molecule has 5 nitrogen and oxygen atoms in total. The molecule has 2 rings (SSSR count). The lowest BCUT2D eigenvalue weighted by Crippen LogP contribution is -1.98. The summed E-state index contributed by atoms with van der Waals surface area (Å²) in [6, 6.07) is 13.1. The minimum absolute atomic E-state index is 0.162. The van der Waals surface area contributed by atoms with E-state index in [1.54, 1.807) is 43.5 Å². The molecule has 2 aromatic carbocycles. The van der Waals surface area contributed by atoms with Crippen LogP contribution < -0.4 is 10.1 Å². The van der Waals surface area contributed by atoms with Crippen molar-refractivity contribution in [3.05, 3.63) is 71.9 Å². The van der Waals surface area contributed by atoms with E-state index in [4.69, 9.17) is 9.84 Å². The van der Waals surface area contributed by atoms with Crippen LogP contribution in [0.15, 0.2) is 60.8 Å². The standard InChI is InChI=1S/C17H15NO4/c1-22-15-7-5-12(6-8-15)16(19)9-10-18-14-4-2-3-13(11-14)17(20)21/h2-11,18H,1H3,(H,20,21). The Bertz CT molecular complexity index is 705. The van der Waals surface area contributed by atoms with Gasteiger partial charge in [0, 0.05) is 23.5 Å². The van der Waals surface area contributed by atoms with E-state index in [1.807, 2.05) is 0 Å². The summed E-state index contributed by atoms with van der Waals surface area (Å²) in [4.78, 5) is 22.8. The molecule has 112 valence electrons. The van der Waals surface area contributed by atoms with Gasteiger partial charge in [-0.2, -0.15) is 0 Å². The van der Waals surface area contributed by atoms with Gasteiger partial charge in [-0.3, -0.25) is 4.79 Å². The number of carboxylic acids is 1. The normalized spacial score (nSPS) is 10.4. The molecule has 0 aromatic heterocycles. The molecular formula is C17H15NO4. The lowest BCUT2D eigenvalue weighted by Gasteiger charge is -2.02. The first-order chi connectivity index (χ1) is 10.6. The number of carbonyl (C=O) groups excluding carboxylic acids is 1. The molecule has 0 saturated carbocycles. The molecule has 22 heavy (non-hydrogen) atoms. The van der Waals surface area contributed by atoms with Crippen molar-refractivity contribution < 1.29 is 19.4 Å². The molecular weight excluding hydrogens is 282 g/mol. The molecule has 0 heterocycles. The van der Waals surface area contributed by atoms with Gasteiger partial charge in [0.15, 0.2) is 5.78 Å². The minimum Gasteiger partial charge on any atom is -0.497 e. The van der Waals surface area contributed by atoms with Crippen LogP contribution in [-0.4, -0.2) is 24.0 Å². The Hall–Kier alpha value is -3.08. The summed E-state index contributed by atoms with van der Waals surface area (Å²) in [5, 5.41) is 11.8. The Morgan fingerprint density at radius 2 is 1.82 bits per heavy atom. The maximum Gasteiger partial charge on any atom is 0.335 e. The summed E-state index contributed by atoms with van der Waals surface area (Å²) in [6.07, 6.45) is 2.86. The predicted molar refractivity (Wildman–Crippen MR) is 83.5 cm³/mol. The van der Waals surface area contributed by atoms with E-state index < -0.39 is 5.97 Å². The summed E-state index contributed by atoms with van der Waals surface area (Å²) >= 11 is 0. The van der Waals surface area contributed by atoms with E-state index in [0.29, 0.717) is 17.0 Å². The Kier molecular flexibility index (Phi) is 4.93. The van der Waals surface area contributed by atoms with E-state index in [1.165, 1.54) is 24.4 Å². The van der Waals surface area contributed by atoms with Gasteiger partial charge >= 0.3 is 5.97 Å². The number of methoxy groups -OCH3 is 1. The Balaban J connectivity index is 2.00. The molecule has 0 aliphatic carbocycles. The van der Waals surface area contributed by atoms with E-state index in [0.717, 1.165) is 0 Å². The molecule has 2 aromatic rings. The highest BCUT2D eigenvalue weighted by atomic mass is 16.5. The van der Waals surface area contributed by atoms with Gasteiger partial charge < -0.3 is 15.2 Å². The van der Waals surface area contributed by atoms with E-state index in [2.05, 4.69) is 5.32 Å². The summed E-state index contributed by atoms with van der Waals surface area (Å²) in [5.41, 5.74) is 1.32. The number of allylic oxidation sites excluding steroid dienone is 1. The first-order valence-corrected chi connectivity index (χ1v) is 6.55. The monoisotopic (exact) mass is 297 g/mol. The first-order valence-electron chi connectivity index (χ1n) is 6.55. The molecule has 5 heteroatoms. The van der Waals surface area contributed by atoms with Gasteiger partial charge in [0.05, 0.1) is 12.7 Å². The number of carboxylic acid groups (broad SMARTS) is 1. The van der Waals surface area contributed by atoms with E-state index in [-0.39, 0.29) is 11.3 Å². The van der Waals surface area contributed by atoms with Crippen LogP contribution in [0.5, 0.6) is 5.75 Å². The third-order valence-corrected chi connectivity index (χ3v) is 2.97. The van der Waals surface area contributed by atoms with Crippen LogP contribution >= 0.6 is 0 Å². The van der Waals surface area contributed by atoms with Crippen molar-refractivity contribution in [3.8, 4) is 5.75 Å². The van der Waals surface area contributed by atoms with Crippen LogP contribution in [-0.2, 0) is 0 Å². The lowest BCUT2D eigenvalue weighted by atomic mass is 10.1. The number of hydrogen-bond donors (Lipinski definition) is 2. The van der Waals surface area contributed by atoms with Crippen molar-refractivity contribution in [2.24, 2.45) is 0 Å². The quantitative estimate of drug-likeness (QED) is 0.632. The lowest BCUT2D eigenvalue weighted by molar-refractivity contribution is 0.0696. The summed E-state index contributed by atoms with van der Waals surface area (Å²) in [7, 11) is 1.56. The molecule has 0 fully saturated rings. The van der Waals surface area contributed by atoms with Crippen molar-refractivity contribution in [2.75, 3.05) is 12.4 Å². The van der Waals surface area contributed by atoms with Crippen LogP contribution in [0.25, 0.3) is 0 Å². The zero-order valence-corrected chi connectivity index (χ0v) is 11.9. The average molecular weight is 297 g/mol. The second-order valence-electron chi connectivity index (χ2n) is 4.46. The molecule has 2 N–H and O–H groups in total. The van der Waals surface area contributed by atoms with Crippen molar-refractivity contribution in [3.63, 3.8) is 0 Å². The van der Waals surface area contributed by atoms with Crippen LogP contribution in [0.3, 0.4) is 0 Å². The second-order valence-corrected chi connectivity index (χ2v) is 4.46. The largest absolute Gasteiger partial charge is 0.497 e. The van der Waals surface area contributed by atoms with Crippen molar-refractivity contribution in [1.82, 2.24) is 0 Å². The molecule has 0 bridgehead atoms. The zero-order chi connectivity index (χ0) is 15.9. The number of carbonyl (C=O) groups is 2. The van der Waals surface area contributed by atoms with Gasteiger partial charge in [0.25, 0.3) is 0 Å². The van der Waals surface area contributed by atoms with Gasteiger partial charge in [0.1, 0.15) is 5.75 Å². The number of benzene rings is 2. The summed E-state index contributed by atoms with van der Waals surface area (Å²) in [6.45, 7) is 0. The second kappa shape index (κ2) is 7.08. The van der Waals surface area contributed by atoms with Crippen LogP contribution in [0.1, 0.15) is 20.7 Å². The number of rotatable bonds is 6. The zero-order valence-electron chi connectivity index (χ0n) is 11.9. The van der Waals surface area contributed by atoms with E-state index in [9.17, 15) is 9.59 Å². The maximum atomic E-state index is 11.9. The minimum atomic E-state index is -0.998. The van der Waals surface area contributed by atoms with Crippen molar-refractivity contribution >= 4 is 17.4 Å². The Morgan fingerprint density at radius 3 is 2.45 bits per heavy atom. The summed E-state index contributed by atoms with van der Waals surface area (Å²) in [5.74, 6) is -0.476. The summed E-state index contributed by atoms with van der Waals surface area (Å²) < 4.78 is 5.03. The Morgan fingerprint density at radius 1 is 1.09 bits per heavy atom. The number of nitrogens with one attached hydrogen (secondary N) is 1. The van der Waals surface area contributed by atoms with Gasteiger partial charge in [-0.05, 0) is 42.5 Å². The topological polar surface area (TPSA) is 75.6 Å². The third-order valence-electron chi connectivity index (χ3n) is 2.97. The molecule has 0 unspecified atom stereocenters. The highest BCUT2D eigenvalue weighted by Crippen LogP contribution is 2.13. The fraction of sp³-hybridized carbons (Fsp3) is 0.0588. The van der Waals surface area contributed by atoms with Crippen LogP contribution in [0.2, 0.25) is 0 Å². The van der Waals surface area contributed by atoms with Crippen molar-refractivity contribution in [2.45, 2.75) is 0 Å². The molecule has 0 aliphatic rings. The highest BCUT2D eigenvalue weighted by Gasteiger charge is 2.03. The van der Waals surface area contributed by atoms with Gasteiger partial charge in [0.2, 0.25) is 0 Å². The fourth-order valence-corrected chi connectivity index (χ4v) is 1.81.